The molecule has 3 N–H and O–H groups in total. The van der Waals surface area contributed by atoms with E-state index in [0.717, 1.165) is 50.4 Å². The van der Waals surface area contributed by atoms with Gasteiger partial charge >= 0.3 is 0 Å². The first-order chi connectivity index (χ1) is 16.0. The van der Waals surface area contributed by atoms with Crippen LogP contribution in [0, 0.1) is 0 Å². The van der Waals surface area contributed by atoms with Gasteiger partial charge < -0.3 is 25.8 Å². The number of nitrogens with one attached hydrogen (secondary N) is 1. The molecule has 3 saturated heterocycles. The van der Waals surface area contributed by atoms with Gasteiger partial charge in [-0.1, -0.05) is 12.1 Å². The second-order valence-electron chi connectivity index (χ2n) is 10.0. The average molecular weight is 449 g/mol. The van der Waals surface area contributed by atoms with Crippen molar-refractivity contribution in [2.24, 2.45) is 5.73 Å². The molecule has 0 radical (unpaired) electrons. The normalized spacial score (nSPS) is 26.3. The highest BCUT2D eigenvalue weighted by Gasteiger charge is 2.40. The first kappa shape index (κ1) is 22.2. The number of nitrogens with zero attached hydrogens (tertiary/aromatic N) is 4. The monoisotopic (exact) mass is 448 g/mol. The summed E-state index contributed by atoms with van der Waals surface area (Å²) in [5.74, 6) is 0.881. The molecule has 4 atom stereocenters. The summed E-state index contributed by atoms with van der Waals surface area (Å²) in [6, 6.07) is 13.7. The molecule has 1 aromatic heterocycles. The van der Waals surface area contributed by atoms with E-state index in [1.165, 1.54) is 18.5 Å². The number of rotatable bonds is 5. The maximum absolute atomic E-state index is 12.9. The Kier molecular flexibility index (Phi) is 6.25. The van der Waals surface area contributed by atoms with Gasteiger partial charge in [-0.3, -0.25) is 4.79 Å². The summed E-state index contributed by atoms with van der Waals surface area (Å²) in [6.45, 7) is 6.31. The third-order valence-electron chi connectivity index (χ3n) is 7.65. The topological polar surface area (TPSA) is 77.7 Å². The van der Waals surface area contributed by atoms with Gasteiger partial charge in [-0.05, 0) is 69.5 Å². The van der Waals surface area contributed by atoms with Gasteiger partial charge in [0.05, 0.1) is 11.6 Å². The van der Waals surface area contributed by atoms with Crippen molar-refractivity contribution in [3.63, 3.8) is 0 Å². The minimum absolute atomic E-state index is 0.0712. The van der Waals surface area contributed by atoms with Gasteiger partial charge in [0, 0.05) is 56.2 Å². The number of likely N-dealkylation sites (N-methyl/N-ethyl adjacent to an activating group) is 1. The minimum atomic E-state index is -0.0895. The van der Waals surface area contributed by atoms with Gasteiger partial charge in [-0.2, -0.15) is 0 Å². The fourth-order valence-corrected chi connectivity index (χ4v) is 5.67. The van der Waals surface area contributed by atoms with Crippen LogP contribution in [-0.2, 0) is 0 Å². The van der Waals surface area contributed by atoms with Crippen LogP contribution in [0.25, 0.3) is 0 Å². The lowest BCUT2D eigenvalue weighted by atomic mass is 9.98. The third kappa shape index (κ3) is 4.70. The van der Waals surface area contributed by atoms with Gasteiger partial charge in [0.25, 0.3) is 5.91 Å². The summed E-state index contributed by atoms with van der Waals surface area (Å²) in [5.41, 5.74) is 9.15. The molecule has 1 amide bonds. The molecular formula is C26H36N6O. The fourth-order valence-electron chi connectivity index (χ4n) is 5.67. The number of fused-ring (bicyclic) bond motifs is 2. The van der Waals surface area contributed by atoms with E-state index in [-0.39, 0.29) is 11.9 Å². The maximum atomic E-state index is 12.9. The second-order valence-corrected chi connectivity index (χ2v) is 10.0. The lowest BCUT2D eigenvalue weighted by molar-refractivity contribution is 0.0939. The molecule has 4 heterocycles. The van der Waals surface area contributed by atoms with Crippen molar-refractivity contribution in [2.75, 3.05) is 43.0 Å². The molecule has 33 heavy (non-hydrogen) atoms. The van der Waals surface area contributed by atoms with Crippen molar-refractivity contribution >= 4 is 17.4 Å². The molecule has 1 unspecified atom stereocenters. The summed E-state index contributed by atoms with van der Waals surface area (Å²) < 4.78 is 0. The standard InChI is InChI=1S/C26H36N6O/c1-18(19-3-6-22(7-4-19)31-13-11-30(2)12-14-31)29-26(33)20-5-10-25(28-17-20)32-23-8-9-24(32)16-21(27)15-23/h3-7,10,17-18,21,23-24H,8-9,11-16,27H2,1-2H3,(H,29,33)/t18-,21?,23-,24+/m0/s1. The molecule has 0 spiro atoms. The fraction of sp³-hybridized carbons (Fsp3) is 0.538. The lowest BCUT2D eigenvalue weighted by Gasteiger charge is -2.38. The van der Waals surface area contributed by atoms with E-state index in [2.05, 4.69) is 56.3 Å². The highest BCUT2D eigenvalue weighted by Crippen LogP contribution is 2.37. The summed E-state index contributed by atoms with van der Waals surface area (Å²) in [5, 5.41) is 3.12. The Morgan fingerprint density at radius 1 is 1.03 bits per heavy atom. The number of amides is 1. The number of pyridine rings is 1. The predicted octanol–water partition coefficient (Wildman–Crippen LogP) is 2.78. The van der Waals surface area contributed by atoms with Crippen LogP contribution in [0.4, 0.5) is 11.5 Å². The number of carbonyl (C=O) groups excluding carboxylic acids is 1. The Morgan fingerprint density at radius 3 is 2.30 bits per heavy atom. The molecule has 5 rings (SSSR count). The molecule has 7 heteroatoms. The van der Waals surface area contributed by atoms with Gasteiger partial charge in [0.15, 0.2) is 0 Å². The van der Waals surface area contributed by atoms with Crippen molar-refractivity contribution in [3.05, 3.63) is 53.7 Å². The van der Waals surface area contributed by atoms with E-state index in [4.69, 9.17) is 5.73 Å². The van der Waals surface area contributed by atoms with Crippen molar-refractivity contribution < 1.29 is 4.79 Å². The van der Waals surface area contributed by atoms with Crippen LogP contribution < -0.4 is 20.9 Å². The summed E-state index contributed by atoms with van der Waals surface area (Å²) in [6.07, 6.45) is 6.15. The van der Waals surface area contributed by atoms with Crippen molar-refractivity contribution in [2.45, 2.75) is 56.8 Å². The van der Waals surface area contributed by atoms with Gasteiger partial charge in [0.1, 0.15) is 5.82 Å². The first-order valence-corrected chi connectivity index (χ1v) is 12.3. The SMILES string of the molecule is C[C@H](NC(=O)c1ccc(N2[C@@H]3CC[C@H]2CC(N)C3)nc1)c1ccc(N2CCN(C)CC2)cc1. The Morgan fingerprint density at radius 2 is 1.70 bits per heavy atom. The zero-order chi connectivity index (χ0) is 22.9. The summed E-state index contributed by atoms with van der Waals surface area (Å²) in [7, 11) is 2.17. The van der Waals surface area contributed by atoms with E-state index in [1.807, 2.05) is 19.1 Å². The average Bonchev–Trinajstić information content (AvgIpc) is 3.10. The Labute approximate surface area is 196 Å². The Bertz CT molecular complexity index is 940. The molecule has 2 bridgehead atoms. The van der Waals surface area contributed by atoms with Crippen LogP contribution in [0.2, 0.25) is 0 Å². The number of carbonyl (C=O) groups is 1. The molecule has 3 aliphatic rings. The number of hydrogen-bond donors (Lipinski definition) is 2. The minimum Gasteiger partial charge on any atom is -0.369 e. The van der Waals surface area contributed by atoms with Crippen molar-refractivity contribution in [3.8, 4) is 0 Å². The van der Waals surface area contributed by atoms with Crippen LogP contribution in [0.5, 0.6) is 0 Å². The molecule has 2 aromatic rings. The molecule has 0 saturated carbocycles. The highest BCUT2D eigenvalue weighted by molar-refractivity contribution is 5.94. The quantitative estimate of drug-likeness (QED) is 0.733. The number of aromatic nitrogens is 1. The van der Waals surface area contributed by atoms with E-state index >= 15 is 0 Å². The van der Waals surface area contributed by atoms with Gasteiger partial charge in [-0.25, -0.2) is 4.98 Å². The molecule has 1 aromatic carbocycles. The molecule has 3 aliphatic heterocycles. The number of hydrogen-bond acceptors (Lipinski definition) is 6. The molecule has 7 nitrogen and oxygen atoms in total. The number of piperazine rings is 1. The van der Waals surface area contributed by atoms with E-state index in [0.29, 0.717) is 23.7 Å². The van der Waals surface area contributed by atoms with E-state index in [1.54, 1.807) is 6.20 Å². The molecular weight excluding hydrogens is 412 g/mol. The number of nitrogens with two attached hydrogens (primary N) is 1. The second kappa shape index (κ2) is 9.31. The number of benzene rings is 1. The zero-order valence-corrected chi connectivity index (χ0v) is 19.8. The van der Waals surface area contributed by atoms with Crippen LogP contribution in [0.15, 0.2) is 42.6 Å². The largest absolute Gasteiger partial charge is 0.369 e. The Balaban J connectivity index is 1.19. The zero-order valence-electron chi connectivity index (χ0n) is 19.8. The number of anilines is 2. The van der Waals surface area contributed by atoms with E-state index in [9.17, 15) is 4.79 Å². The number of piperidine rings is 1. The highest BCUT2D eigenvalue weighted by atomic mass is 16.1. The van der Waals surface area contributed by atoms with Gasteiger partial charge in [0.2, 0.25) is 0 Å². The maximum Gasteiger partial charge on any atom is 0.253 e. The van der Waals surface area contributed by atoms with E-state index < -0.39 is 0 Å². The summed E-state index contributed by atoms with van der Waals surface area (Å²) >= 11 is 0. The van der Waals surface area contributed by atoms with Crippen LogP contribution in [0.3, 0.4) is 0 Å². The first-order valence-electron chi connectivity index (χ1n) is 12.3. The van der Waals surface area contributed by atoms with Gasteiger partial charge in [-0.15, -0.1) is 0 Å². The van der Waals surface area contributed by atoms with Crippen molar-refractivity contribution in [1.82, 2.24) is 15.2 Å². The van der Waals surface area contributed by atoms with Crippen molar-refractivity contribution in [1.29, 1.82) is 0 Å². The lowest BCUT2D eigenvalue weighted by Crippen LogP contribution is -2.47. The molecule has 3 fully saturated rings. The molecule has 0 aliphatic carbocycles. The predicted molar refractivity (Wildman–Crippen MR) is 133 cm³/mol. The van der Waals surface area contributed by atoms with Crippen LogP contribution >= 0.6 is 0 Å². The smallest absolute Gasteiger partial charge is 0.253 e. The van der Waals surface area contributed by atoms with Crippen LogP contribution in [0.1, 0.15) is 54.6 Å². The third-order valence-corrected chi connectivity index (χ3v) is 7.65. The Hall–Kier alpha value is -2.64. The summed E-state index contributed by atoms with van der Waals surface area (Å²) in [4.78, 5) is 24.7. The molecule has 176 valence electrons. The van der Waals surface area contributed by atoms with Crippen LogP contribution in [-0.4, -0.2) is 67.1 Å².